The van der Waals surface area contributed by atoms with Crippen molar-refractivity contribution in [3.8, 4) is 0 Å². The lowest BCUT2D eigenvalue weighted by molar-refractivity contribution is -0.142. The Labute approximate surface area is 184 Å². The number of nitrogens with zero attached hydrogens (tertiary/aromatic N) is 2. The Bertz CT molecular complexity index is 1000. The van der Waals surface area contributed by atoms with E-state index in [1.807, 2.05) is 44.2 Å². The first kappa shape index (κ1) is 23.0. The van der Waals surface area contributed by atoms with Crippen LogP contribution in [0.15, 0.2) is 65.6 Å². The van der Waals surface area contributed by atoms with Gasteiger partial charge < -0.3 is 9.80 Å². The van der Waals surface area contributed by atoms with Gasteiger partial charge in [-0.15, -0.1) is 0 Å². The number of carbonyl (C=O) groups excluding carboxylic acids is 2. The highest BCUT2D eigenvalue weighted by atomic mass is 32.2. The molecule has 3 rings (SSSR count). The monoisotopic (exact) mass is 443 g/mol. The molecule has 2 amide bonds. The molecule has 1 aliphatic rings. The van der Waals surface area contributed by atoms with Crippen molar-refractivity contribution < 1.29 is 18.0 Å². The van der Waals surface area contributed by atoms with Crippen LogP contribution in [0.4, 0.5) is 0 Å². The van der Waals surface area contributed by atoms with E-state index in [1.54, 1.807) is 28.0 Å². The molecule has 2 aromatic carbocycles. The summed E-state index contributed by atoms with van der Waals surface area (Å²) < 4.78 is 26.9. The largest absolute Gasteiger partial charge is 0.339 e. The van der Waals surface area contributed by atoms with Crippen LogP contribution in [0.5, 0.6) is 0 Å². The fourth-order valence-corrected chi connectivity index (χ4v) is 4.72. The van der Waals surface area contributed by atoms with Crippen molar-refractivity contribution >= 4 is 21.8 Å². The van der Waals surface area contributed by atoms with Crippen LogP contribution in [-0.2, 0) is 25.0 Å². The summed E-state index contributed by atoms with van der Waals surface area (Å²) in [7, 11) is -3.62. The SMILES string of the molecule is CC(C)(C(=O)N1CCN(C(=O)CCNS(=O)(=O)c2ccccc2)CC1)c1ccccc1. The van der Waals surface area contributed by atoms with Gasteiger partial charge in [-0.3, -0.25) is 9.59 Å². The minimum Gasteiger partial charge on any atom is -0.339 e. The van der Waals surface area contributed by atoms with Gasteiger partial charge in [-0.1, -0.05) is 48.5 Å². The van der Waals surface area contributed by atoms with Crippen LogP contribution in [0, 0.1) is 0 Å². The van der Waals surface area contributed by atoms with Gasteiger partial charge in [0, 0.05) is 39.1 Å². The molecule has 0 aromatic heterocycles. The van der Waals surface area contributed by atoms with E-state index >= 15 is 0 Å². The summed E-state index contributed by atoms with van der Waals surface area (Å²) >= 11 is 0. The van der Waals surface area contributed by atoms with E-state index in [4.69, 9.17) is 0 Å². The molecule has 1 saturated heterocycles. The maximum atomic E-state index is 13.1. The van der Waals surface area contributed by atoms with Crippen LogP contribution in [0.2, 0.25) is 0 Å². The zero-order valence-corrected chi connectivity index (χ0v) is 18.8. The van der Waals surface area contributed by atoms with Crippen LogP contribution in [-0.4, -0.2) is 62.8 Å². The molecule has 1 aliphatic heterocycles. The van der Waals surface area contributed by atoms with Crippen LogP contribution < -0.4 is 4.72 Å². The number of hydrogen-bond donors (Lipinski definition) is 1. The lowest BCUT2D eigenvalue weighted by Gasteiger charge is -2.38. The fraction of sp³-hybridized carbons (Fsp3) is 0.391. The number of carbonyl (C=O) groups is 2. The molecule has 31 heavy (non-hydrogen) atoms. The van der Waals surface area contributed by atoms with E-state index in [1.165, 1.54) is 12.1 Å². The van der Waals surface area contributed by atoms with Crippen molar-refractivity contribution in [3.63, 3.8) is 0 Å². The van der Waals surface area contributed by atoms with Crippen LogP contribution in [0.1, 0.15) is 25.8 Å². The summed E-state index contributed by atoms with van der Waals surface area (Å²) in [4.78, 5) is 29.2. The molecule has 1 heterocycles. The Balaban J connectivity index is 1.48. The van der Waals surface area contributed by atoms with Crippen LogP contribution in [0.3, 0.4) is 0 Å². The highest BCUT2D eigenvalue weighted by molar-refractivity contribution is 7.89. The van der Waals surface area contributed by atoms with Gasteiger partial charge in [0.1, 0.15) is 0 Å². The first-order chi connectivity index (χ1) is 14.7. The molecule has 0 bridgehead atoms. The van der Waals surface area contributed by atoms with Gasteiger partial charge in [0.25, 0.3) is 0 Å². The molecule has 0 aliphatic carbocycles. The maximum absolute atomic E-state index is 13.1. The van der Waals surface area contributed by atoms with Crippen molar-refractivity contribution in [2.24, 2.45) is 0 Å². The molecule has 7 nitrogen and oxygen atoms in total. The molecule has 1 fully saturated rings. The molecule has 0 unspecified atom stereocenters. The van der Waals surface area contributed by atoms with Crippen LogP contribution in [0.25, 0.3) is 0 Å². The highest BCUT2D eigenvalue weighted by Crippen LogP contribution is 2.26. The molecule has 0 spiro atoms. The molecule has 0 atom stereocenters. The van der Waals surface area contributed by atoms with E-state index < -0.39 is 15.4 Å². The number of piperazine rings is 1. The molecule has 0 radical (unpaired) electrons. The summed E-state index contributed by atoms with van der Waals surface area (Å²) in [5, 5.41) is 0. The molecule has 166 valence electrons. The third kappa shape index (κ3) is 5.51. The number of nitrogens with one attached hydrogen (secondary N) is 1. The van der Waals surface area contributed by atoms with Crippen LogP contribution >= 0.6 is 0 Å². The maximum Gasteiger partial charge on any atom is 0.240 e. The average Bonchev–Trinajstić information content (AvgIpc) is 2.79. The quantitative estimate of drug-likeness (QED) is 0.709. The number of benzene rings is 2. The zero-order valence-electron chi connectivity index (χ0n) is 18.0. The Kier molecular flexibility index (Phi) is 7.12. The van der Waals surface area contributed by atoms with E-state index in [9.17, 15) is 18.0 Å². The predicted molar refractivity (Wildman–Crippen MR) is 119 cm³/mol. The summed E-state index contributed by atoms with van der Waals surface area (Å²) in [6.07, 6.45) is 0.0789. The van der Waals surface area contributed by atoms with Crippen molar-refractivity contribution in [1.29, 1.82) is 0 Å². The number of hydrogen-bond acceptors (Lipinski definition) is 4. The minimum absolute atomic E-state index is 0.0379. The molecule has 2 aromatic rings. The number of amides is 2. The third-order valence-electron chi connectivity index (χ3n) is 5.63. The molecule has 0 saturated carbocycles. The van der Waals surface area contributed by atoms with Gasteiger partial charge in [-0.2, -0.15) is 0 Å². The molecular weight excluding hydrogens is 414 g/mol. The first-order valence-electron chi connectivity index (χ1n) is 10.4. The van der Waals surface area contributed by atoms with E-state index in [0.29, 0.717) is 26.2 Å². The highest BCUT2D eigenvalue weighted by Gasteiger charge is 2.35. The second-order valence-corrected chi connectivity index (χ2v) is 9.89. The van der Waals surface area contributed by atoms with E-state index in [0.717, 1.165) is 5.56 Å². The Morgan fingerprint density at radius 2 is 1.39 bits per heavy atom. The Hall–Kier alpha value is -2.71. The van der Waals surface area contributed by atoms with E-state index in [-0.39, 0.29) is 29.7 Å². The zero-order chi connectivity index (χ0) is 22.5. The lowest BCUT2D eigenvalue weighted by atomic mass is 9.83. The second kappa shape index (κ2) is 9.62. The number of rotatable bonds is 7. The Morgan fingerprint density at radius 3 is 1.97 bits per heavy atom. The third-order valence-corrected chi connectivity index (χ3v) is 7.11. The predicted octanol–water partition coefficient (Wildman–Crippen LogP) is 2.00. The lowest BCUT2D eigenvalue weighted by Crippen LogP contribution is -2.54. The normalized spacial score (nSPS) is 15.0. The molecule has 1 N–H and O–H groups in total. The molecular formula is C23H29N3O4S. The Morgan fingerprint density at radius 1 is 0.871 bits per heavy atom. The minimum atomic E-state index is -3.62. The van der Waals surface area contributed by atoms with Gasteiger partial charge >= 0.3 is 0 Å². The van der Waals surface area contributed by atoms with Gasteiger partial charge in [0.05, 0.1) is 10.3 Å². The smallest absolute Gasteiger partial charge is 0.240 e. The number of sulfonamides is 1. The topological polar surface area (TPSA) is 86.8 Å². The summed E-state index contributed by atoms with van der Waals surface area (Å²) in [5.74, 6) is -0.0772. The van der Waals surface area contributed by atoms with Gasteiger partial charge in [0.2, 0.25) is 21.8 Å². The summed E-state index contributed by atoms with van der Waals surface area (Å²) in [6.45, 7) is 5.70. The summed E-state index contributed by atoms with van der Waals surface area (Å²) in [6, 6.07) is 17.7. The second-order valence-electron chi connectivity index (χ2n) is 8.12. The van der Waals surface area contributed by atoms with Gasteiger partial charge in [-0.05, 0) is 31.5 Å². The first-order valence-corrected chi connectivity index (χ1v) is 11.9. The van der Waals surface area contributed by atoms with Crippen molar-refractivity contribution in [3.05, 3.63) is 66.2 Å². The van der Waals surface area contributed by atoms with Crippen molar-refractivity contribution in [2.75, 3.05) is 32.7 Å². The molecule has 8 heteroatoms. The summed E-state index contributed by atoms with van der Waals surface area (Å²) in [5.41, 5.74) is 0.326. The van der Waals surface area contributed by atoms with Crippen molar-refractivity contribution in [2.45, 2.75) is 30.6 Å². The van der Waals surface area contributed by atoms with Gasteiger partial charge in [0.15, 0.2) is 0 Å². The van der Waals surface area contributed by atoms with Gasteiger partial charge in [-0.25, -0.2) is 13.1 Å². The standard InChI is InChI=1S/C23H29N3O4S/c1-23(2,19-9-5-3-6-10-19)22(28)26-17-15-25(16-18-26)21(27)13-14-24-31(29,30)20-11-7-4-8-12-20/h3-12,24H,13-18H2,1-2H3. The fourth-order valence-electron chi connectivity index (χ4n) is 3.67. The van der Waals surface area contributed by atoms with E-state index in [2.05, 4.69) is 4.72 Å². The average molecular weight is 444 g/mol. The van der Waals surface area contributed by atoms with Crippen molar-refractivity contribution in [1.82, 2.24) is 14.5 Å².